The molecule has 1 fully saturated rings. The Kier molecular flexibility index (Phi) is 8.57. The van der Waals surface area contributed by atoms with Gasteiger partial charge in [0.05, 0.1) is 12.0 Å². The Morgan fingerprint density at radius 3 is 2.59 bits per heavy atom. The molecule has 152 valence electrons. The maximum absolute atomic E-state index is 12.9. The number of amides is 1. The number of methoxy groups -OCH3 is 1. The van der Waals surface area contributed by atoms with E-state index in [4.69, 9.17) is 4.74 Å². The second-order valence-electron chi connectivity index (χ2n) is 7.00. The minimum absolute atomic E-state index is 0.0163. The Bertz CT molecular complexity index is 713. The molecule has 0 radical (unpaired) electrons. The lowest BCUT2D eigenvalue weighted by Crippen LogP contribution is -2.35. The molecule has 7 heteroatoms. The maximum atomic E-state index is 12.9. The topological polar surface area (TPSA) is 75.7 Å². The molecule has 0 aromatic heterocycles. The second-order valence-corrected chi connectivity index (χ2v) is 8.93. The lowest BCUT2D eigenvalue weighted by Gasteiger charge is -2.26. The molecule has 1 amide bonds. The van der Waals surface area contributed by atoms with Crippen LogP contribution < -0.4 is 10.1 Å². The summed E-state index contributed by atoms with van der Waals surface area (Å²) in [7, 11) is -1.93. The van der Waals surface area contributed by atoms with Crippen LogP contribution in [0.5, 0.6) is 5.75 Å². The Labute approximate surface area is 163 Å². The molecule has 1 aromatic rings. The summed E-state index contributed by atoms with van der Waals surface area (Å²) in [4.78, 5) is 12.3. The van der Waals surface area contributed by atoms with Gasteiger partial charge in [-0.1, -0.05) is 26.2 Å². The summed E-state index contributed by atoms with van der Waals surface area (Å²) in [6, 6.07) is 4.94. The first-order valence-electron chi connectivity index (χ1n) is 9.92. The largest absolute Gasteiger partial charge is 0.496 e. The molecule has 0 aliphatic carbocycles. The second kappa shape index (κ2) is 10.7. The van der Waals surface area contributed by atoms with E-state index in [9.17, 15) is 13.2 Å². The molecule has 0 spiro atoms. The lowest BCUT2D eigenvalue weighted by molar-refractivity contribution is -0.121. The number of piperidine rings is 1. The van der Waals surface area contributed by atoms with Crippen LogP contribution in [-0.2, 0) is 21.2 Å². The zero-order chi connectivity index (χ0) is 19.7. The molecule has 1 N–H and O–H groups in total. The van der Waals surface area contributed by atoms with Crippen LogP contribution in [0.3, 0.4) is 0 Å². The number of ether oxygens (including phenoxy) is 1. The van der Waals surface area contributed by atoms with Crippen LogP contribution in [0.2, 0.25) is 0 Å². The van der Waals surface area contributed by atoms with E-state index in [0.717, 1.165) is 44.1 Å². The van der Waals surface area contributed by atoms with Crippen molar-refractivity contribution in [3.05, 3.63) is 23.8 Å². The third kappa shape index (κ3) is 6.21. The Hall–Kier alpha value is -1.60. The van der Waals surface area contributed by atoms with Crippen molar-refractivity contribution in [2.45, 2.75) is 63.2 Å². The van der Waals surface area contributed by atoms with Gasteiger partial charge in [0, 0.05) is 26.1 Å². The molecule has 1 aromatic carbocycles. The van der Waals surface area contributed by atoms with Crippen LogP contribution in [0, 0.1) is 0 Å². The van der Waals surface area contributed by atoms with Gasteiger partial charge in [-0.25, -0.2) is 8.42 Å². The van der Waals surface area contributed by atoms with E-state index in [1.807, 2.05) is 0 Å². The number of nitrogens with one attached hydrogen (secondary N) is 1. The van der Waals surface area contributed by atoms with Crippen molar-refractivity contribution in [1.29, 1.82) is 0 Å². The molecule has 2 rings (SSSR count). The lowest BCUT2D eigenvalue weighted by atomic mass is 10.1. The minimum Gasteiger partial charge on any atom is -0.496 e. The highest BCUT2D eigenvalue weighted by Gasteiger charge is 2.26. The fourth-order valence-corrected chi connectivity index (χ4v) is 4.87. The van der Waals surface area contributed by atoms with Crippen molar-refractivity contribution < 1.29 is 17.9 Å². The monoisotopic (exact) mass is 396 g/mol. The van der Waals surface area contributed by atoms with Gasteiger partial charge in [0.2, 0.25) is 15.9 Å². The van der Waals surface area contributed by atoms with Gasteiger partial charge >= 0.3 is 0 Å². The van der Waals surface area contributed by atoms with E-state index in [0.29, 0.717) is 38.2 Å². The predicted octanol–water partition coefficient (Wildman–Crippen LogP) is 3.11. The number of nitrogens with zero attached hydrogens (tertiary/aromatic N) is 1. The number of carbonyl (C=O) groups is 1. The van der Waals surface area contributed by atoms with Gasteiger partial charge in [0.25, 0.3) is 0 Å². The molecule has 1 aliphatic heterocycles. The first kappa shape index (κ1) is 21.7. The molecule has 6 nitrogen and oxygen atoms in total. The van der Waals surface area contributed by atoms with Crippen molar-refractivity contribution in [2.75, 3.05) is 26.7 Å². The number of carbonyl (C=O) groups excluding carboxylic acids is 1. The van der Waals surface area contributed by atoms with Crippen LogP contribution in [0.4, 0.5) is 0 Å². The van der Waals surface area contributed by atoms with Crippen molar-refractivity contribution in [1.82, 2.24) is 9.62 Å². The average molecular weight is 397 g/mol. The van der Waals surface area contributed by atoms with Gasteiger partial charge in [-0.15, -0.1) is 0 Å². The Morgan fingerprint density at radius 1 is 1.19 bits per heavy atom. The molecule has 0 atom stereocenters. The van der Waals surface area contributed by atoms with Gasteiger partial charge in [0.1, 0.15) is 5.75 Å². The first-order valence-corrected chi connectivity index (χ1v) is 11.4. The van der Waals surface area contributed by atoms with Crippen molar-refractivity contribution >= 4 is 15.9 Å². The number of rotatable bonds is 10. The SMILES string of the molecule is CCCCCNC(=O)CCc1cc(S(=O)(=O)N2CCCCC2)ccc1OC. The zero-order valence-corrected chi connectivity index (χ0v) is 17.3. The quantitative estimate of drug-likeness (QED) is 0.617. The van der Waals surface area contributed by atoms with E-state index in [2.05, 4.69) is 12.2 Å². The van der Waals surface area contributed by atoms with Gasteiger partial charge in [-0.05, 0) is 49.4 Å². The molecule has 1 saturated heterocycles. The number of hydrogen-bond donors (Lipinski definition) is 1. The molecular formula is C20H32N2O4S. The molecule has 1 aliphatic rings. The van der Waals surface area contributed by atoms with E-state index < -0.39 is 10.0 Å². The highest BCUT2D eigenvalue weighted by molar-refractivity contribution is 7.89. The number of unbranched alkanes of at least 4 members (excludes halogenated alkanes) is 2. The summed E-state index contributed by atoms with van der Waals surface area (Å²) in [5.74, 6) is 0.601. The van der Waals surface area contributed by atoms with Gasteiger partial charge < -0.3 is 10.1 Å². The summed E-state index contributed by atoms with van der Waals surface area (Å²) in [5, 5.41) is 2.92. The summed E-state index contributed by atoms with van der Waals surface area (Å²) in [5.41, 5.74) is 0.749. The number of sulfonamides is 1. The van der Waals surface area contributed by atoms with Gasteiger partial charge in [-0.3, -0.25) is 4.79 Å². The van der Waals surface area contributed by atoms with Crippen LogP contribution in [0.1, 0.15) is 57.4 Å². The summed E-state index contributed by atoms with van der Waals surface area (Å²) in [6.07, 6.45) is 6.85. The highest BCUT2D eigenvalue weighted by atomic mass is 32.2. The van der Waals surface area contributed by atoms with Crippen molar-refractivity contribution in [3.8, 4) is 5.75 Å². The van der Waals surface area contributed by atoms with Gasteiger partial charge in [0.15, 0.2) is 0 Å². The maximum Gasteiger partial charge on any atom is 0.243 e. The number of aryl methyl sites for hydroxylation is 1. The standard InChI is InChI=1S/C20H32N2O4S/c1-3-4-6-13-21-20(23)12-9-17-16-18(10-11-19(17)26-2)27(24,25)22-14-7-5-8-15-22/h10-11,16H,3-9,12-15H2,1-2H3,(H,21,23). The molecular weight excluding hydrogens is 364 g/mol. The van der Waals surface area contributed by atoms with Crippen LogP contribution in [-0.4, -0.2) is 45.4 Å². The fraction of sp³-hybridized carbons (Fsp3) is 0.650. The van der Waals surface area contributed by atoms with Gasteiger partial charge in [-0.2, -0.15) is 4.31 Å². The molecule has 0 saturated carbocycles. The van der Waals surface area contributed by atoms with E-state index >= 15 is 0 Å². The minimum atomic E-state index is -3.49. The smallest absolute Gasteiger partial charge is 0.243 e. The predicted molar refractivity (Wildman–Crippen MR) is 106 cm³/mol. The number of hydrogen-bond acceptors (Lipinski definition) is 4. The highest BCUT2D eigenvalue weighted by Crippen LogP contribution is 2.27. The Balaban J connectivity index is 2.05. The molecule has 27 heavy (non-hydrogen) atoms. The Morgan fingerprint density at radius 2 is 1.93 bits per heavy atom. The summed E-state index contributed by atoms with van der Waals surface area (Å²) >= 11 is 0. The molecule has 0 unspecified atom stereocenters. The van der Waals surface area contributed by atoms with E-state index in [1.54, 1.807) is 29.6 Å². The van der Waals surface area contributed by atoms with E-state index in [1.165, 1.54) is 0 Å². The van der Waals surface area contributed by atoms with Crippen molar-refractivity contribution in [3.63, 3.8) is 0 Å². The molecule has 0 bridgehead atoms. The van der Waals surface area contributed by atoms with Crippen molar-refractivity contribution in [2.24, 2.45) is 0 Å². The zero-order valence-electron chi connectivity index (χ0n) is 16.5. The van der Waals surface area contributed by atoms with Crippen LogP contribution in [0.15, 0.2) is 23.1 Å². The first-order chi connectivity index (χ1) is 13.0. The van der Waals surface area contributed by atoms with Crippen LogP contribution >= 0.6 is 0 Å². The summed E-state index contributed by atoms with van der Waals surface area (Å²) in [6.45, 7) is 3.96. The normalized spacial score (nSPS) is 15.5. The third-order valence-electron chi connectivity index (χ3n) is 4.93. The molecule has 1 heterocycles. The summed E-state index contributed by atoms with van der Waals surface area (Å²) < 4.78 is 32.7. The van der Waals surface area contributed by atoms with E-state index in [-0.39, 0.29) is 10.8 Å². The van der Waals surface area contributed by atoms with Crippen LogP contribution in [0.25, 0.3) is 0 Å². The third-order valence-corrected chi connectivity index (χ3v) is 6.82. The fourth-order valence-electron chi connectivity index (χ4n) is 3.30. The average Bonchev–Trinajstić information content (AvgIpc) is 2.70. The number of benzene rings is 1.